The van der Waals surface area contributed by atoms with Crippen LogP contribution in [0.15, 0.2) is 42.5 Å². The van der Waals surface area contributed by atoms with Crippen LogP contribution < -0.4 is 4.74 Å². The van der Waals surface area contributed by atoms with Gasteiger partial charge in [-0.2, -0.15) is 0 Å². The second-order valence-electron chi connectivity index (χ2n) is 4.75. The van der Waals surface area contributed by atoms with Gasteiger partial charge < -0.3 is 14.6 Å². The molecule has 0 aliphatic heterocycles. The first-order valence-electron chi connectivity index (χ1n) is 6.70. The summed E-state index contributed by atoms with van der Waals surface area (Å²) in [5, 5.41) is 9.22. The topological polar surface area (TPSA) is 55.8 Å². The van der Waals surface area contributed by atoms with E-state index in [1.54, 1.807) is 13.2 Å². The first kappa shape index (κ1) is 15.1. The Bertz CT molecular complexity index is 617. The van der Waals surface area contributed by atoms with Crippen LogP contribution in [0.4, 0.5) is 0 Å². The number of aromatic carboxylic acids is 1. The second kappa shape index (κ2) is 6.90. The van der Waals surface area contributed by atoms with Crippen molar-refractivity contribution in [2.45, 2.75) is 13.3 Å². The van der Waals surface area contributed by atoms with Crippen LogP contribution in [-0.2, 0) is 11.2 Å². The zero-order chi connectivity index (χ0) is 15.2. The van der Waals surface area contributed by atoms with Crippen molar-refractivity contribution in [2.75, 3.05) is 13.7 Å². The van der Waals surface area contributed by atoms with Crippen molar-refractivity contribution in [3.8, 4) is 11.5 Å². The normalized spacial score (nSPS) is 10.4. The predicted octanol–water partition coefficient (Wildman–Crippen LogP) is 3.67. The van der Waals surface area contributed by atoms with Gasteiger partial charge in [-0.05, 0) is 42.7 Å². The van der Waals surface area contributed by atoms with Crippen molar-refractivity contribution in [3.63, 3.8) is 0 Å². The molecule has 0 unspecified atom stereocenters. The van der Waals surface area contributed by atoms with E-state index >= 15 is 0 Å². The Morgan fingerprint density at radius 2 is 1.86 bits per heavy atom. The van der Waals surface area contributed by atoms with Crippen LogP contribution in [-0.4, -0.2) is 24.8 Å². The van der Waals surface area contributed by atoms with E-state index in [0.29, 0.717) is 18.1 Å². The van der Waals surface area contributed by atoms with E-state index in [9.17, 15) is 9.90 Å². The number of aryl methyl sites for hydroxylation is 1. The van der Waals surface area contributed by atoms with Crippen LogP contribution >= 0.6 is 0 Å². The number of carboxylic acids is 1. The minimum Gasteiger partial charge on any atom is -0.478 e. The second-order valence-corrected chi connectivity index (χ2v) is 4.75. The quantitative estimate of drug-likeness (QED) is 0.880. The number of carbonyl (C=O) groups is 1. The Labute approximate surface area is 123 Å². The Kier molecular flexibility index (Phi) is 4.95. The van der Waals surface area contributed by atoms with Gasteiger partial charge in [-0.1, -0.05) is 24.3 Å². The lowest BCUT2D eigenvalue weighted by atomic mass is 10.1. The highest BCUT2D eigenvalue weighted by atomic mass is 16.5. The Hall–Kier alpha value is -2.33. The first-order chi connectivity index (χ1) is 10.1. The smallest absolute Gasteiger partial charge is 0.339 e. The lowest BCUT2D eigenvalue weighted by molar-refractivity contribution is 0.0694. The molecule has 0 saturated heterocycles. The third kappa shape index (κ3) is 3.83. The highest BCUT2D eigenvalue weighted by Crippen LogP contribution is 2.29. The molecule has 21 heavy (non-hydrogen) atoms. The zero-order valence-corrected chi connectivity index (χ0v) is 12.1. The minimum absolute atomic E-state index is 0.165. The summed E-state index contributed by atoms with van der Waals surface area (Å²) in [6.07, 6.45) is 0.835. The standard InChI is InChI=1S/C17H18O4/c1-12-4-3-5-15(17(18)19)16(12)21-14-8-6-13(7-9-14)10-11-20-2/h3-9H,10-11H2,1-2H3,(H,18,19). The van der Waals surface area contributed by atoms with E-state index in [1.165, 1.54) is 6.07 Å². The molecule has 0 atom stereocenters. The van der Waals surface area contributed by atoms with Crippen LogP contribution in [0.25, 0.3) is 0 Å². The molecule has 0 amide bonds. The maximum atomic E-state index is 11.2. The summed E-state index contributed by atoms with van der Waals surface area (Å²) in [7, 11) is 1.67. The molecule has 0 spiro atoms. The number of methoxy groups -OCH3 is 1. The molecule has 0 radical (unpaired) electrons. The molecule has 4 nitrogen and oxygen atoms in total. The fourth-order valence-electron chi connectivity index (χ4n) is 2.02. The zero-order valence-electron chi connectivity index (χ0n) is 12.1. The number of para-hydroxylation sites is 1. The van der Waals surface area contributed by atoms with E-state index in [2.05, 4.69) is 0 Å². The van der Waals surface area contributed by atoms with Crippen LogP contribution in [0.1, 0.15) is 21.5 Å². The summed E-state index contributed by atoms with van der Waals surface area (Å²) in [4.78, 5) is 11.2. The van der Waals surface area contributed by atoms with Gasteiger partial charge in [0.05, 0.1) is 6.61 Å². The predicted molar refractivity (Wildman–Crippen MR) is 80.2 cm³/mol. The average Bonchev–Trinajstić information content (AvgIpc) is 2.48. The number of benzene rings is 2. The summed E-state index contributed by atoms with van der Waals surface area (Å²) < 4.78 is 10.8. The number of rotatable bonds is 6. The summed E-state index contributed by atoms with van der Waals surface area (Å²) in [6.45, 7) is 2.50. The molecule has 110 valence electrons. The molecule has 0 saturated carbocycles. The molecule has 0 aliphatic rings. The number of hydrogen-bond donors (Lipinski definition) is 1. The SMILES string of the molecule is COCCc1ccc(Oc2c(C)cccc2C(=O)O)cc1. The Morgan fingerprint density at radius 3 is 2.48 bits per heavy atom. The van der Waals surface area contributed by atoms with E-state index in [1.807, 2.05) is 37.3 Å². The minimum atomic E-state index is -0.995. The van der Waals surface area contributed by atoms with Crippen molar-refractivity contribution >= 4 is 5.97 Å². The fourth-order valence-corrected chi connectivity index (χ4v) is 2.02. The highest BCUT2D eigenvalue weighted by molar-refractivity contribution is 5.91. The lowest BCUT2D eigenvalue weighted by Crippen LogP contribution is -2.01. The summed E-state index contributed by atoms with van der Waals surface area (Å²) >= 11 is 0. The maximum absolute atomic E-state index is 11.2. The van der Waals surface area contributed by atoms with Gasteiger partial charge in [-0.25, -0.2) is 4.79 Å². The van der Waals surface area contributed by atoms with Gasteiger partial charge in [0.25, 0.3) is 0 Å². The highest BCUT2D eigenvalue weighted by Gasteiger charge is 2.14. The van der Waals surface area contributed by atoms with Gasteiger partial charge in [0, 0.05) is 7.11 Å². The van der Waals surface area contributed by atoms with Gasteiger partial charge in [0.15, 0.2) is 0 Å². The molecule has 0 bridgehead atoms. The van der Waals surface area contributed by atoms with Crippen molar-refractivity contribution in [3.05, 3.63) is 59.2 Å². The van der Waals surface area contributed by atoms with Gasteiger partial charge in [-0.3, -0.25) is 0 Å². The summed E-state index contributed by atoms with van der Waals surface area (Å²) in [5.41, 5.74) is 2.10. The largest absolute Gasteiger partial charge is 0.478 e. The van der Waals surface area contributed by atoms with E-state index in [4.69, 9.17) is 9.47 Å². The van der Waals surface area contributed by atoms with E-state index < -0.39 is 5.97 Å². The van der Waals surface area contributed by atoms with Crippen LogP contribution in [0, 0.1) is 6.92 Å². The molecule has 1 N–H and O–H groups in total. The van der Waals surface area contributed by atoms with Crippen LogP contribution in [0.3, 0.4) is 0 Å². The Morgan fingerprint density at radius 1 is 1.14 bits per heavy atom. The average molecular weight is 286 g/mol. The molecule has 0 heterocycles. The molecule has 4 heteroatoms. The number of carboxylic acid groups (broad SMARTS) is 1. The van der Waals surface area contributed by atoms with Crippen molar-refractivity contribution in [1.82, 2.24) is 0 Å². The molecular weight excluding hydrogens is 268 g/mol. The van der Waals surface area contributed by atoms with E-state index in [-0.39, 0.29) is 5.56 Å². The van der Waals surface area contributed by atoms with Crippen LogP contribution in [0.5, 0.6) is 11.5 Å². The van der Waals surface area contributed by atoms with Crippen molar-refractivity contribution < 1.29 is 19.4 Å². The molecular formula is C17H18O4. The van der Waals surface area contributed by atoms with Gasteiger partial charge in [0.1, 0.15) is 17.1 Å². The van der Waals surface area contributed by atoms with Crippen LogP contribution in [0.2, 0.25) is 0 Å². The molecule has 0 aliphatic carbocycles. The third-order valence-corrected chi connectivity index (χ3v) is 3.18. The Balaban J connectivity index is 2.20. The summed E-state index contributed by atoms with van der Waals surface area (Å²) in [5.74, 6) is 0.00743. The summed E-state index contributed by atoms with van der Waals surface area (Å²) in [6, 6.07) is 12.7. The monoisotopic (exact) mass is 286 g/mol. The molecule has 0 aromatic heterocycles. The fraction of sp³-hybridized carbons (Fsp3) is 0.235. The lowest BCUT2D eigenvalue weighted by Gasteiger charge is -2.12. The number of ether oxygens (including phenoxy) is 2. The van der Waals surface area contributed by atoms with Crippen molar-refractivity contribution in [2.24, 2.45) is 0 Å². The molecule has 2 aromatic rings. The molecule has 2 aromatic carbocycles. The molecule has 0 fully saturated rings. The van der Waals surface area contributed by atoms with Crippen molar-refractivity contribution in [1.29, 1.82) is 0 Å². The third-order valence-electron chi connectivity index (χ3n) is 3.18. The van der Waals surface area contributed by atoms with Gasteiger partial charge >= 0.3 is 5.97 Å². The first-order valence-corrected chi connectivity index (χ1v) is 6.70. The number of hydrogen-bond acceptors (Lipinski definition) is 3. The maximum Gasteiger partial charge on any atom is 0.339 e. The van der Waals surface area contributed by atoms with Gasteiger partial charge in [-0.15, -0.1) is 0 Å². The van der Waals surface area contributed by atoms with Gasteiger partial charge in [0.2, 0.25) is 0 Å². The molecule has 2 rings (SSSR count). The van der Waals surface area contributed by atoms with E-state index in [0.717, 1.165) is 17.5 Å².